The van der Waals surface area contributed by atoms with E-state index >= 15 is 0 Å². The largest absolute Gasteiger partial charge is 0.497 e. The summed E-state index contributed by atoms with van der Waals surface area (Å²) in [7, 11) is 3.10. The normalized spacial score (nSPS) is 10.6. The monoisotopic (exact) mass is 375 g/mol. The van der Waals surface area contributed by atoms with E-state index in [4.69, 9.17) is 13.9 Å². The van der Waals surface area contributed by atoms with Gasteiger partial charge in [0.05, 0.1) is 24.4 Å². The molecule has 0 atom stereocenters. The third kappa shape index (κ3) is 3.03. The minimum absolute atomic E-state index is 0.219. The van der Waals surface area contributed by atoms with Gasteiger partial charge in [0.1, 0.15) is 17.1 Å². The predicted octanol–water partition coefficient (Wildman–Crippen LogP) is 4.46. The van der Waals surface area contributed by atoms with Crippen molar-refractivity contribution in [2.24, 2.45) is 0 Å². The predicted molar refractivity (Wildman–Crippen MR) is 91.4 cm³/mol. The number of carbonyl (C=O) groups excluding carboxylic acids is 1. The van der Waals surface area contributed by atoms with Crippen LogP contribution in [-0.2, 0) is 0 Å². The van der Waals surface area contributed by atoms with E-state index in [0.717, 1.165) is 9.86 Å². The highest BCUT2D eigenvalue weighted by Crippen LogP contribution is 2.31. The van der Waals surface area contributed by atoms with Crippen molar-refractivity contribution in [3.05, 3.63) is 52.7 Å². The van der Waals surface area contributed by atoms with Crippen LogP contribution in [0.25, 0.3) is 11.0 Å². The van der Waals surface area contributed by atoms with Crippen LogP contribution in [0.5, 0.6) is 11.5 Å². The van der Waals surface area contributed by atoms with Crippen molar-refractivity contribution in [3.8, 4) is 11.5 Å². The number of amides is 1. The highest BCUT2D eigenvalue weighted by molar-refractivity contribution is 9.10. The molecule has 1 amide bonds. The zero-order chi connectivity index (χ0) is 16.4. The molecule has 0 saturated carbocycles. The lowest BCUT2D eigenvalue weighted by molar-refractivity contribution is 0.0998. The molecule has 2 aromatic carbocycles. The molecule has 1 heterocycles. The number of anilines is 1. The molecule has 0 unspecified atom stereocenters. The lowest BCUT2D eigenvalue weighted by Crippen LogP contribution is -2.11. The number of methoxy groups -OCH3 is 2. The smallest absolute Gasteiger partial charge is 0.291 e. The standard InChI is InChI=1S/C17H14BrNO4/c1-21-11-6-7-14(22-2)13(9-11)19-17(20)15-8-10-4-3-5-12(18)16(10)23-15/h3-9H,1-2H3,(H,19,20). The maximum absolute atomic E-state index is 12.4. The summed E-state index contributed by atoms with van der Waals surface area (Å²) >= 11 is 3.41. The first-order valence-corrected chi connectivity index (χ1v) is 7.63. The number of benzene rings is 2. The van der Waals surface area contributed by atoms with Crippen LogP contribution in [0, 0.1) is 0 Å². The van der Waals surface area contributed by atoms with Crippen LogP contribution in [0.3, 0.4) is 0 Å². The van der Waals surface area contributed by atoms with Gasteiger partial charge in [-0.2, -0.15) is 0 Å². The fourth-order valence-electron chi connectivity index (χ4n) is 2.24. The highest BCUT2D eigenvalue weighted by atomic mass is 79.9. The molecule has 0 aliphatic rings. The molecule has 5 nitrogen and oxygen atoms in total. The Hall–Kier alpha value is -2.47. The summed E-state index contributed by atoms with van der Waals surface area (Å²) in [4.78, 5) is 12.4. The molecule has 6 heteroatoms. The molecule has 1 aromatic heterocycles. The lowest BCUT2D eigenvalue weighted by atomic mass is 10.2. The number of furan rings is 1. The minimum atomic E-state index is -0.361. The molecule has 3 aromatic rings. The van der Waals surface area contributed by atoms with Gasteiger partial charge in [0, 0.05) is 11.5 Å². The SMILES string of the molecule is COc1ccc(OC)c(NC(=O)c2cc3cccc(Br)c3o2)c1. The number of ether oxygens (including phenoxy) is 2. The van der Waals surface area contributed by atoms with E-state index in [2.05, 4.69) is 21.2 Å². The van der Waals surface area contributed by atoms with Crippen LogP contribution >= 0.6 is 15.9 Å². The third-order valence-corrected chi connectivity index (χ3v) is 4.00. The molecule has 0 aliphatic carbocycles. The average molecular weight is 376 g/mol. The first-order chi connectivity index (χ1) is 11.1. The maximum Gasteiger partial charge on any atom is 0.291 e. The number of halogens is 1. The van der Waals surface area contributed by atoms with Gasteiger partial charge in [0.25, 0.3) is 5.91 Å². The van der Waals surface area contributed by atoms with Gasteiger partial charge in [0.15, 0.2) is 5.76 Å². The highest BCUT2D eigenvalue weighted by Gasteiger charge is 2.16. The second-order valence-corrected chi connectivity index (χ2v) is 5.64. The number of para-hydroxylation sites is 1. The van der Waals surface area contributed by atoms with Crippen molar-refractivity contribution in [1.82, 2.24) is 0 Å². The van der Waals surface area contributed by atoms with Gasteiger partial charge < -0.3 is 19.2 Å². The van der Waals surface area contributed by atoms with E-state index in [1.54, 1.807) is 31.4 Å². The molecule has 0 fully saturated rings. The van der Waals surface area contributed by atoms with Crippen LogP contribution in [0.4, 0.5) is 5.69 Å². The van der Waals surface area contributed by atoms with E-state index in [-0.39, 0.29) is 11.7 Å². The fraction of sp³-hybridized carbons (Fsp3) is 0.118. The molecule has 0 saturated heterocycles. The first kappa shape index (κ1) is 15.4. The number of carbonyl (C=O) groups is 1. The Morgan fingerprint density at radius 1 is 1.13 bits per heavy atom. The van der Waals surface area contributed by atoms with Crippen molar-refractivity contribution < 1.29 is 18.7 Å². The van der Waals surface area contributed by atoms with Gasteiger partial charge in [-0.15, -0.1) is 0 Å². The Morgan fingerprint density at radius 2 is 1.96 bits per heavy atom. The molecule has 118 valence electrons. The summed E-state index contributed by atoms with van der Waals surface area (Å²) < 4.78 is 16.9. The molecule has 0 aliphatic heterocycles. The second kappa shape index (κ2) is 6.34. The maximum atomic E-state index is 12.4. The number of nitrogens with one attached hydrogen (secondary N) is 1. The van der Waals surface area contributed by atoms with Gasteiger partial charge >= 0.3 is 0 Å². The van der Waals surface area contributed by atoms with E-state index in [1.165, 1.54) is 7.11 Å². The summed E-state index contributed by atoms with van der Waals surface area (Å²) in [6.07, 6.45) is 0. The van der Waals surface area contributed by atoms with Gasteiger partial charge in [-0.1, -0.05) is 12.1 Å². The third-order valence-electron chi connectivity index (χ3n) is 3.37. The lowest BCUT2D eigenvalue weighted by Gasteiger charge is -2.10. The van der Waals surface area contributed by atoms with E-state index in [9.17, 15) is 4.79 Å². The Balaban J connectivity index is 1.93. The molecule has 1 N–H and O–H groups in total. The molecular weight excluding hydrogens is 362 g/mol. The van der Waals surface area contributed by atoms with Crippen molar-refractivity contribution in [2.75, 3.05) is 19.5 Å². The van der Waals surface area contributed by atoms with Crippen LogP contribution in [0.1, 0.15) is 10.6 Å². The van der Waals surface area contributed by atoms with Gasteiger partial charge in [-0.3, -0.25) is 4.79 Å². The zero-order valence-electron chi connectivity index (χ0n) is 12.6. The summed E-state index contributed by atoms with van der Waals surface area (Å²) in [5.74, 6) is 1.02. The Morgan fingerprint density at radius 3 is 2.65 bits per heavy atom. The average Bonchev–Trinajstić information content (AvgIpc) is 3.00. The molecule has 23 heavy (non-hydrogen) atoms. The Labute approximate surface area is 141 Å². The van der Waals surface area contributed by atoms with Crippen LogP contribution in [-0.4, -0.2) is 20.1 Å². The van der Waals surface area contributed by atoms with Gasteiger partial charge in [0.2, 0.25) is 0 Å². The van der Waals surface area contributed by atoms with Crippen molar-refractivity contribution in [1.29, 1.82) is 0 Å². The van der Waals surface area contributed by atoms with E-state index < -0.39 is 0 Å². The van der Waals surface area contributed by atoms with Crippen LogP contribution in [0.15, 0.2) is 51.4 Å². The van der Waals surface area contributed by atoms with Crippen molar-refractivity contribution in [2.45, 2.75) is 0 Å². The summed E-state index contributed by atoms with van der Waals surface area (Å²) in [6, 6.07) is 12.5. The quantitative estimate of drug-likeness (QED) is 0.730. The molecule has 0 spiro atoms. The summed E-state index contributed by atoms with van der Waals surface area (Å²) in [5, 5.41) is 3.63. The second-order valence-electron chi connectivity index (χ2n) is 4.79. The number of hydrogen-bond donors (Lipinski definition) is 1. The fourth-order valence-corrected chi connectivity index (χ4v) is 2.70. The molecule has 3 rings (SSSR count). The number of hydrogen-bond acceptors (Lipinski definition) is 4. The van der Waals surface area contributed by atoms with E-state index in [1.807, 2.05) is 18.2 Å². The number of rotatable bonds is 4. The molecular formula is C17H14BrNO4. The topological polar surface area (TPSA) is 60.7 Å². The van der Waals surface area contributed by atoms with Gasteiger partial charge in [-0.25, -0.2) is 0 Å². The number of fused-ring (bicyclic) bond motifs is 1. The molecule has 0 bridgehead atoms. The summed E-state index contributed by atoms with van der Waals surface area (Å²) in [5.41, 5.74) is 1.15. The first-order valence-electron chi connectivity index (χ1n) is 6.84. The van der Waals surface area contributed by atoms with Gasteiger partial charge in [-0.05, 0) is 40.2 Å². The minimum Gasteiger partial charge on any atom is -0.497 e. The van der Waals surface area contributed by atoms with Crippen LogP contribution in [0.2, 0.25) is 0 Å². The van der Waals surface area contributed by atoms with Crippen molar-refractivity contribution in [3.63, 3.8) is 0 Å². The zero-order valence-corrected chi connectivity index (χ0v) is 14.1. The van der Waals surface area contributed by atoms with Crippen molar-refractivity contribution >= 4 is 38.5 Å². The van der Waals surface area contributed by atoms with Crippen LogP contribution < -0.4 is 14.8 Å². The summed E-state index contributed by atoms with van der Waals surface area (Å²) in [6.45, 7) is 0. The molecule has 0 radical (unpaired) electrons. The Bertz CT molecular complexity index is 872. The van der Waals surface area contributed by atoms with E-state index in [0.29, 0.717) is 22.8 Å². The Kier molecular flexibility index (Phi) is 4.25.